The molecule has 1 aromatic rings. The summed E-state index contributed by atoms with van der Waals surface area (Å²) in [6, 6.07) is 6.29. The standard InChI is InChI=1S/C19H20O/c1-13-8-9-14-11-15(12-19(2,3)17(14)10-13)16-6-4-5-7-18(16)20/h6,8-12H,1,4-5,7H2,2-3H3. The fourth-order valence-electron chi connectivity index (χ4n) is 3.15. The minimum absolute atomic E-state index is 0.0638. The summed E-state index contributed by atoms with van der Waals surface area (Å²) >= 11 is 0. The number of benzene rings is 1. The number of ketones is 1. The first-order valence-corrected chi connectivity index (χ1v) is 7.25. The van der Waals surface area contributed by atoms with Crippen molar-refractivity contribution in [1.82, 2.24) is 0 Å². The molecule has 0 aromatic heterocycles. The van der Waals surface area contributed by atoms with Gasteiger partial charge in [-0.25, -0.2) is 0 Å². The van der Waals surface area contributed by atoms with E-state index in [-0.39, 0.29) is 11.2 Å². The molecule has 0 amide bonds. The highest BCUT2D eigenvalue weighted by atomic mass is 16.1. The van der Waals surface area contributed by atoms with Crippen molar-refractivity contribution in [1.29, 1.82) is 0 Å². The smallest absolute Gasteiger partial charge is 0.163 e. The molecule has 102 valence electrons. The third kappa shape index (κ3) is 2.18. The maximum atomic E-state index is 12.1. The van der Waals surface area contributed by atoms with Crippen molar-refractivity contribution in [2.24, 2.45) is 0 Å². The topological polar surface area (TPSA) is 17.1 Å². The van der Waals surface area contributed by atoms with Crippen LogP contribution in [0.4, 0.5) is 0 Å². The maximum absolute atomic E-state index is 12.1. The Balaban J connectivity index is 2.19. The van der Waals surface area contributed by atoms with Crippen LogP contribution in [0.5, 0.6) is 0 Å². The third-order valence-corrected chi connectivity index (χ3v) is 4.21. The van der Waals surface area contributed by atoms with Crippen LogP contribution in [0.3, 0.4) is 0 Å². The Bertz CT molecular complexity index is 744. The van der Waals surface area contributed by atoms with Gasteiger partial charge < -0.3 is 0 Å². The lowest BCUT2D eigenvalue weighted by Gasteiger charge is -2.28. The van der Waals surface area contributed by atoms with Gasteiger partial charge >= 0.3 is 0 Å². The molecule has 0 saturated heterocycles. The minimum Gasteiger partial charge on any atom is -0.294 e. The molecule has 1 aromatic carbocycles. The number of hydrogen-bond donors (Lipinski definition) is 0. The molecule has 1 nitrogen and oxygen atoms in total. The highest BCUT2D eigenvalue weighted by Crippen LogP contribution is 2.31. The van der Waals surface area contributed by atoms with Gasteiger partial charge in [0, 0.05) is 17.4 Å². The first kappa shape index (κ1) is 13.1. The average molecular weight is 264 g/mol. The predicted molar refractivity (Wildman–Crippen MR) is 83.7 cm³/mol. The molecule has 2 aliphatic rings. The Hall–Kier alpha value is -1.89. The number of Topliss-reactive ketones (excluding diaryl/α,β-unsaturated/α-hetero) is 1. The summed E-state index contributed by atoms with van der Waals surface area (Å²) in [5, 5.41) is 2.24. The molecule has 0 saturated carbocycles. The van der Waals surface area contributed by atoms with Gasteiger partial charge in [-0.1, -0.05) is 50.8 Å². The second kappa shape index (κ2) is 4.59. The summed E-state index contributed by atoms with van der Waals surface area (Å²) in [6.07, 6.45) is 9.16. The molecule has 2 aliphatic carbocycles. The number of carbonyl (C=O) groups is 1. The lowest BCUT2D eigenvalue weighted by molar-refractivity contribution is -0.115. The van der Waals surface area contributed by atoms with E-state index in [2.05, 4.69) is 50.8 Å². The van der Waals surface area contributed by atoms with Crippen molar-refractivity contribution < 1.29 is 4.79 Å². The molecular weight excluding hydrogens is 244 g/mol. The number of allylic oxidation sites excluding steroid dienone is 4. The summed E-state index contributed by atoms with van der Waals surface area (Å²) in [6.45, 7) is 8.42. The van der Waals surface area contributed by atoms with Crippen LogP contribution in [-0.2, 0) is 10.2 Å². The molecule has 0 aliphatic heterocycles. The molecule has 0 bridgehead atoms. The van der Waals surface area contributed by atoms with Crippen LogP contribution in [0.2, 0.25) is 0 Å². The predicted octanol–water partition coefficient (Wildman–Crippen LogP) is 2.77. The highest BCUT2D eigenvalue weighted by Gasteiger charge is 2.26. The fourth-order valence-corrected chi connectivity index (χ4v) is 3.15. The van der Waals surface area contributed by atoms with E-state index in [0.717, 1.165) is 29.2 Å². The van der Waals surface area contributed by atoms with Gasteiger partial charge in [0.05, 0.1) is 0 Å². The number of hydrogen-bond acceptors (Lipinski definition) is 1. The summed E-state index contributed by atoms with van der Waals surface area (Å²) in [7, 11) is 0. The van der Waals surface area contributed by atoms with Crippen LogP contribution >= 0.6 is 0 Å². The van der Waals surface area contributed by atoms with Gasteiger partial charge in [0.1, 0.15) is 0 Å². The molecule has 0 fully saturated rings. The second-order valence-corrected chi connectivity index (χ2v) is 6.32. The van der Waals surface area contributed by atoms with Crippen molar-refractivity contribution in [2.75, 3.05) is 0 Å². The zero-order valence-corrected chi connectivity index (χ0v) is 12.2. The summed E-state index contributed by atoms with van der Waals surface area (Å²) in [4.78, 5) is 12.1. The molecule has 0 spiro atoms. The SMILES string of the molecule is C=c1ccc2c(c1)C(C)(C)C=C(C1=CCCCC1=O)C=2. The van der Waals surface area contributed by atoms with E-state index < -0.39 is 0 Å². The van der Waals surface area contributed by atoms with Gasteiger partial charge in [-0.15, -0.1) is 0 Å². The summed E-state index contributed by atoms with van der Waals surface area (Å²) < 4.78 is 0. The Kier molecular flexibility index (Phi) is 3.01. The van der Waals surface area contributed by atoms with Crippen LogP contribution < -0.4 is 10.4 Å². The van der Waals surface area contributed by atoms with E-state index in [1.807, 2.05) is 6.07 Å². The van der Waals surface area contributed by atoms with Crippen molar-refractivity contribution in [2.45, 2.75) is 38.5 Å². The molecule has 0 radical (unpaired) electrons. The van der Waals surface area contributed by atoms with Gasteiger partial charge in [-0.3, -0.25) is 4.79 Å². The van der Waals surface area contributed by atoms with E-state index in [9.17, 15) is 4.79 Å². The molecule has 0 heterocycles. The van der Waals surface area contributed by atoms with Crippen LogP contribution in [0.25, 0.3) is 12.7 Å². The maximum Gasteiger partial charge on any atom is 0.163 e. The average Bonchev–Trinajstić information content (AvgIpc) is 2.39. The fraction of sp³-hybridized carbons (Fsp3) is 0.316. The normalized spacial score (nSPS) is 20.6. The zero-order valence-electron chi connectivity index (χ0n) is 12.2. The summed E-state index contributed by atoms with van der Waals surface area (Å²) in [5.74, 6) is 0.284. The van der Waals surface area contributed by atoms with E-state index in [1.165, 1.54) is 10.8 Å². The number of rotatable bonds is 1. The molecule has 1 heteroatoms. The van der Waals surface area contributed by atoms with Crippen LogP contribution in [0.1, 0.15) is 38.7 Å². The van der Waals surface area contributed by atoms with Crippen LogP contribution in [-0.4, -0.2) is 5.78 Å². The molecule has 0 atom stereocenters. The second-order valence-electron chi connectivity index (χ2n) is 6.32. The first-order chi connectivity index (χ1) is 9.47. The summed E-state index contributed by atoms with van der Waals surface area (Å²) in [5.41, 5.74) is 3.22. The monoisotopic (exact) mass is 264 g/mol. The van der Waals surface area contributed by atoms with E-state index in [1.54, 1.807) is 0 Å². The van der Waals surface area contributed by atoms with E-state index >= 15 is 0 Å². The quantitative estimate of drug-likeness (QED) is 0.762. The van der Waals surface area contributed by atoms with Gasteiger partial charge in [-0.05, 0) is 40.5 Å². The zero-order chi connectivity index (χ0) is 14.3. The Morgan fingerprint density at radius 1 is 1.25 bits per heavy atom. The van der Waals surface area contributed by atoms with Crippen molar-refractivity contribution in [3.63, 3.8) is 0 Å². The molecular formula is C19H20O. The minimum atomic E-state index is -0.0638. The number of fused-ring (bicyclic) bond motifs is 1. The molecule has 3 rings (SSSR count). The van der Waals surface area contributed by atoms with Crippen LogP contribution in [0.15, 0.2) is 41.5 Å². The van der Waals surface area contributed by atoms with Gasteiger partial charge in [-0.2, -0.15) is 0 Å². The Morgan fingerprint density at radius 3 is 2.80 bits per heavy atom. The van der Waals surface area contributed by atoms with E-state index in [0.29, 0.717) is 6.42 Å². The van der Waals surface area contributed by atoms with Gasteiger partial charge in [0.2, 0.25) is 0 Å². The van der Waals surface area contributed by atoms with Crippen molar-refractivity contribution >= 4 is 18.4 Å². The van der Waals surface area contributed by atoms with Gasteiger partial charge in [0.25, 0.3) is 0 Å². The van der Waals surface area contributed by atoms with Crippen molar-refractivity contribution in [3.05, 3.63) is 57.5 Å². The molecule has 0 unspecified atom stereocenters. The molecule has 20 heavy (non-hydrogen) atoms. The third-order valence-electron chi connectivity index (χ3n) is 4.21. The first-order valence-electron chi connectivity index (χ1n) is 7.25. The highest BCUT2D eigenvalue weighted by molar-refractivity contribution is 6.03. The number of carbonyl (C=O) groups excluding carboxylic acids is 1. The van der Waals surface area contributed by atoms with Crippen molar-refractivity contribution in [3.8, 4) is 0 Å². The van der Waals surface area contributed by atoms with Crippen LogP contribution in [0, 0.1) is 0 Å². The lowest BCUT2D eigenvalue weighted by atomic mass is 9.76. The Morgan fingerprint density at radius 2 is 2.05 bits per heavy atom. The van der Waals surface area contributed by atoms with E-state index in [4.69, 9.17) is 0 Å². The largest absolute Gasteiger partial charge is 0.294 e. The Labute approximate surface area is 120 Å². The van der Waals surface area contributed by atoms with Gasteiger partial charge in [0.15, 0.2) is 5.78 Å². The molecule has 0 N–H and O–H groups in total. The lowest BCUT2D eigenvalue weighted by Crippen LogP contribution is -2.30.